The van der Waals surface area contributed by atoms with Crippen molar-refractivity contribution in [2.45, 2.75) is 13.1 Å². The van der Waals surface area contributed by atoms with Gasteiger partial charge in [-0.15, -0.1) is 0 Å². The van der Waals surface area contributed by atoms with E-state index in [0.717, 1.165) is 12.1 Å². The van der Waals surface area contributed by atoms with Gasteiger partial charge in [0, 0.05) is 12.8 Å². The van der Waals surface area contributed by atoms with E-state index in [9.17, 15) is 26.4 Å². The van der Waals surface area contributed by atoms with E-state index < -0.39 is 33.1 Å². The highest BCUT2D eigenvalue weighted by molar-refractivity contribution is 7.92. The van der Waals surface area contributed by atoms with Gasteiger partial charge in [0.1, 0.15) is 5.75 Å². The Hall–Kier alpha value is -2.16. The minimum absolute atomic E-state index is 0.0538. The summed E-state index contributed by atoms with van der Waals surface area (Å²) in [5.74, 6) is -1.52. The molecule has 0 atom stereocenters. The number of benzene rings is 1. The molecule has 0 aliphatic rings. The molecule has 0 N–H and O–H groups in total. The molecule has 0 aliphatic heterocycles. The second-order valence-corrected chi connectivity index (χ2v) is 7.55. The lowest BCUT2D eigenvalue weighted by atomic mass is 10.1. The van der Waals surface area contributed by atoms with Crippen LogP contribution in [-0.2, 0) is 23.1 Å². The number of rotatable bonds is 5. The summed E-state index contributed by atoms with van der Waals surface area (Å²) in [4.78, 5) is 16.0. The van der Waals surface area contributed by atoms with E-state index in [0.29, 0.717) is 11.3 Å². The molecule has 0 saturated heterocycles. The van der Waals surface area contributed by atoms with Gasteiger partial charge in [-0.25, -0.2) is 13.4 Å². The molecular formula is C15H15F3N2O3S. The summed E-state index contributed by atoms with van der Waals surface area (Å²) in [6.07, 6.45) is -3.10. The number of Topliss-reactive ketones (excluding diaryl/α,β-unsaturated/α-hetero) is 1. The minimum atomic E-state index is -4.43. The molecule has 0 amide bonds. The van der Waals surface area contributed by atoms with Crippen molar-refractivity contribution in [3.63, 3.8) is 0 Å². The van der Waals surface area contributed by atoms with Crippen molar-refractivity contribution < 1.29 is 26.4 Å². The molecule has 0 unspecified atom stereocenters. The fraction of sp³-hybridized carbons (Fsp3) is 0.333. The van der Waals surface area contributed by atoms with Crippen molar-refractivity contribution in [3.05, 3.63) is 41.9 Å². The molecule has 2 aromatic rings. The van der Waals surface area contributed by atoms with Gasteiger partial charge in [0.15, 0.2) is 15.7 Å². The zero-order chi connectivity index (χ0) is 18.1. The van der Waals surface area contributed by atoms with Crippen LogP contribution in [0.3, 0.4) is 0 Å². The summed E-state index contributed by atoms with van der Waals surface area (Å²) >= 11 is 0. The van der Waals surface area contributed by atoms with Crippen LogP contribution in [0.5, 0.6) is 0 Å². The predicted octanol–water partition coefficient (Wildman–Crippen LogP) is 2.72. The first kappa shape index (κ1) is 18.2. The summed E-state index contributed by atoms with van der Waals surface area (Å²) < 4.78 is 62.2. The van der Waals surface area contributed by atoms with E-state index in [2.05, 4.69) is 4.98 Å². The number of nitrogens with zero attached hydrogens (tertiary/aromatic N) is 2. The average Bonchev–Trinajstić information content (AvgIpc) is 2.88. The Morgan fingerprint density at radius 1 is 1.21 bits per heavy atom. The zero-order valence-corrected chi connectivity index (χ0v) is 13.8. The summed E-state index contributed by atoms with van der Waals surface area (Å²) in [6, 6.07) is 4.42. The molecular weight excluding hydrogens is 345 g/mol. The molecule has 0 bridgehead atoms. The Kier molecular flexibility index (Phi) is 4.84. The van der Waals surface area contributed by atoms with Crippen LogP contribution in [-0.4, -0.2) is 35.3 Å². The maximum absolute atomic E-state index is 12.6. The Morgan fingerprint density at radius 2 is 1.79 bits per heavy atom. The molecule has 2 rings (SSSR count). The smallest absolute Gasteiger partial charge is 0.325 e. The molecule has 5 nitrogen and oxygen atoms in total. The molecule has 1 aromatic carbocycles. The molecule has 0 saturated carbocycles. The van der Waals surface area contributed by atoms with Crippen LogP contribution in [0.1, 0.15) is 23.1 Å². The van der Waals surface area contributed by atoms with Gasteiger partial charge >= 0.3 is 6.18 Å². The number of hydrogen-bond donors (Lipinski definition) is 0. The van der Waals surface area contributed by atoms with Gasteiger partial charge in [0.05, 0.1) is 17.5 Å². The second kappa shape index (κ2) is 6.39. The number of carbonyl (C=O) groups excluding carboxylic acids is 1. The highest BCUT2D eigenvalue weighted by atomic mass is 32.2. The summed E-state index contributed by atoms with van der Waals surface area (Å²) in [6.45, 7) is 1.44. The molecule has 0 fully saturated rings. The molecule has 1 heterocycles. The van der Waals surface area contributed by atoms with Crippen LogP contribution in [0.25, 0.3) is 11.3 Å². The van der Waals surface area contributed by atoms with Gasteiger partial charge < -0.3 is 4.57 Å². The third-order valence-corrected chi connectivity index (χ3v) is 5.12. The van der Waals surface area contributed by atoms with Crippen molar-refractivity contribution in [1.29, 1.82) is 0 Å². The lowest BCUT2D eigenvalue weighted by Crippen LogP contribution is -2.20. The second-order valence-electron chi connectivity index (χ2n) is 5.20. The van der Waals surface area contributed by atoms with Crippen molar-refractivity contribution in [2.24, 2.45) is 7.05 Å². The topological polar surface area (TPSA) is 69.0 Å². The number of imidazole rings is 1. The minimum Gasteiger partial charge on any atom is -0.325 e. The van der Waals surface area contributed by atoms with E-state index in [1.165, 1.54) is 36.9 Å². The highest BCUT2D eigenvalue weighted by Crippen LogP contribution is 2.31. The molecule has 9 heteroatoms. The number of carbonyl (C=O) groups is 1. The quantitative estimate of drug-likeness (QED) is 0.769. The van der Waals surface area contributed by atoms with E-state index in [4.69, 9.17) is 0 Å². The molecule has 24 heavy (non-hydrogen) atoms. The van der Waals surface area contributed by atoms with Gasteiger partial charge in [-0.3, -0.25) is 4.79 Å². The third kappa shape index (κ3) is 3.84. The van der Waals surface area contributed by atoms with E-state index >= 15 is 0 Å². The number of halogens is 3. The standard InChI is InChI=1S/C15H15F3N2O3S/c1-3-24(22,23)9-13(21)14-19-8-12(20(14)2)10-4-6-11(7-5-10)15(16,17)18/h4-8H,3,9H2,1-2H3. The fourth-order valence-corrected chi connectivity index (χ4v) is 2.87. The average molecular weight is 360 g/mol. The van der Waals surface area contributed by atoms with Crippen LogP contribution in [0.4, 0.5) is 13.2 Å². The molecule has 0 radical (unpaired) electrons. The van der Waals surface area contributed by atoms with Gasteiger partial charge in [0.25, 0.3) is 0 Å². The van der Waals surface area contributed by atoms with E-state index in [1.54, 1.807) is 0 Å². The van der Waals surface area contributed by atoms with Crippen molar-refractivity contribution in [1.82, 2.24) is 9.55 Å². The van der Waals surface area contributed by atoms with Gasteiger partial charge in [0.2, 0.25) is 5.78 Å². The lowest BCUT2D eigenvalue weighted by molar-refractivity contribution is -0.137. The molecule has 1 aromatic heterocycles. The normalized spacial score (nSPS) is 12.4. The maximum atomic E-state index is 12.6. The first-order valence-electron chi connectivity index (χ1n) is 6.98. The van der Waals surface area contributed by atoms with Gasteiger partial charge in [-0.1, -0.05) is 19.1 Å². The van der Waals surface area contributed by atoms with Crippen LogP contribution in [0, 0.1) is 0 Å². The highest BCUT2D eigenvalue weighted by Gasteiger charge is 2.30. The SMILES string of the molecule is CCS(=O)(=O)CC(=O)c1ncc(-c2ccc(C(F)(F)F)cc2)n1C. The fourth-order valence-electron chi connectivity index (χ4n) is 2.13. The Morgan fingerprint density at radius 3 is 2.29 bits per heavy atom. The number of sulfone groups is 1. The first-order valence-corrected chi connectivity index (χ1v) is 8.80. The van der Waals surface area contributed by atoms with Gasteiger partial charge in [-0.2, -0.15) is 13.2 Å². The predicted molar refractivity (Wildman–Crippen MR) is 82.3 cm³/mol. The van der Waals surface area contributed by atoms with Crippen molar-refractivity contribution in [2.75, 3.05) is 11.5 Å². The molecule has 0 spiro atoms. The largest absolute Gasteiger partial charge is 0.416 e. The van der Waals surface area contributed by atoms with Crippen LogP contribution >= 0.6 is 0 Å². The molecule has 130 valence electrons. The van der Waals surface area contributed by atoms with Crippen LogP contribution in [0.2, 0.25) is 0 Å². The monoisotopic (exact) mass is 360 g/mol. The van der Waals surface area contributed by atoms with E-state index in [-0.39, 0.29) is 11.6 Å². The number of aromatic nitrogens is 2. The van der Waals surface area contributed by atoms with Gasteiger partial charge in [-0.05, 0) is 17.7 Å². The lowest BCUT2D eigenvalue weighted by Gasteiger charge is -2.09. The summed E-state index contributed by atoms with van der Waals surface area (Å²) in [5, 5.41) is 0. The van der Waals surface area contributed by atoms with E-state index in [1.807, 2.05) is 0 Å². The Labute approximate surface area is 137 Å². The number of hydrogen-bond acceptors (Lipinski definition) is 4. The number of ketones is 1. The number of alkyl halides is 3. The van der Waals surface area contributed by atoms with Crippen LogP contribution < -0.4 is 0 Å². The van der Waals surface area contributed by atoms with Crippen molar-refractivity contribution >= 4 is 15.6 Å². The summed E-state index contributed by atoms with van der Waals surface area (Å²) in [5.41, 5.74) is 0.0788. The first-order chi connectivity index (χ1) is 11.0. The Balaban J connectivity index is 2.32. The Bertz CT molecular complexity index is 853. The third-order valence-electron chi connectivity index (χ3n) is 3.54. The summed E-state index contributed by atoms with van der Waals surface area (Å²) in [7, 11) is -1.98. The molecule has 0 aliphatic carbocycles. The van der Waals surface area contributed by atoms with Crippen molar-refractivity contribution in [3.8, 4) is 11.3 Å². The van der Waals surface area contributed by atoms with Crippen LogP contribution in [0.15, 0.2) is 30.5 Å². The zero-order valence-electron chi connectivity index (χ0n) is 13.0. The maximum Gasteiger partial charge on any atom is 0.416 e.